The first-order chi connectivity index (χ1) is 11.9. The molecule has 8 N–H and O–H groups in total. The first-order valence-corrected chi connectivity index (χ1v) is 8.04. The summed E-state index contributed by atoms with van der Waals surface area (Å²) in [5.74, 6) is 0. The Morgan fingerprint density at radius 2 is 1.80 bits per heavy atom. The molecule has 0 aromatic rings. The van der Waals surface area contributed by atoms with E-state index in [1.807, 2.05) is 0 Å². The van der Waals surface area contributed by atoms with Crippen LogP contribution < -0.4 is 5.73 Å². The van der Waals surface area contributed by atoms with Crippen molar-refractivity contribution in [2.75, 3.05) is 33.0 Å². The van der Waals surface area contributed by atoms with Crippen LogP contribution in [0, 0.1) is 0 Å². The van der Waals surface area contributed by atoms with Gasteiger partial charge in [0.15, 0.2) is 12.6 Å². The Morgan fingerprint density at radius 3 is 2.28 bits per heavy atom. The fraction of sp³-hybridized carbons (Fsp3) is 1.00. The summed E-state index contributed by atoms with van der Waals surface area (Å²) in [6.45, 7) is -0.146. The highest BCUT2D eigenvalue weighted by Gasteiger charge is 2.46. The third-order valence-electron chi connectivity index (χ3n) is 3.72. The second kappa shape index (κ2) is 11.3. The summed E-state index contributed by atoms with van der Waals surface area (Å²) in [4.78, 5) is 0. The normalized spacial score (nSPS) is 33.8. The Labute approximate surface area is 145 Å². The van der Waals surface area contributed by atoms with Crippen molar-refractivity contribution in [2.45, 2.75) is 56.1 Å². The summed E-state index contributed by atoms with van der Waals surface area (Å²) in [5, 5.41) is 57.8. The summed E-state index contributed by atoms with van der Waals surface area (Å²) in [6, 6.07) is 0. The molecule has 1 aliphatic rings. The number of hydrogen-bond acceptors (Lipinski definition) is 11. The molecule has 0 saturated carbocycles. The minimum Gasteiger partial charge on any atom is -0.394 e. The molecule has 0 amide bonds. The zero-order chi connectivity index (χ0) is 19.0. The molecular formula is C14H29NO10. The van der Waals surface area contributed by atoms with Crippen LogP contribution in [0.3, 0.4) is 0 Å². The van der Waals surface area contributed by atoms with Gasteiger partial charge in [0, 0.05) is 6.54 Å². The molecule has 0 bridgehead atoms. The van der Waals surface area contributed by atoms with Gasteiger partial charge in [-0.3, -0.25) is 0 Å². The van der Waals surface area contributed by atoms with Gasteiger partial charge in [-0.2, -0.15) is 0 Å². The van der Waals surface area contributed by atoms with E-state index in [1.54, 1.807) is 0 Å². The third kappa shape index (κ3) is 6.34. The van der Waals surface area contributed by atoms with E-state index in [0.717, 1.165) is 0 Å². The van der Waals surface area contributed by atoms with Crippen molar-refractivity contribution >= 4 is 0 Å². The van der Waals surface area contributed by atoms with Crippen molar-refractivity contribution in [1.29, 1.82) is 0 Å². The smallest absolute Gasteiger partial charge is 0.186 e. The quantitative estimate of drug-likeness (QED) is 0.175. The van der Waals surface area contributed by atoms with Crippen LogP contribution in [0.5, 0.6) is 0 Å². The lowest BCUT2D eigenvalue weighted by Gasteiger charge is -2.42. The van der Waals surface area contributed by atoms with Crippen LogP contribution in [0.4, 0.5) is 0 Å². The first kappa shape index (κ1) is 22.6. The predicted molar refractivity (Wildman–Crippen MR) is 82.2 cm³/mol. The summed E-state index contributed by atoms with van der Waals surface area (Å²) in [6.07, 6.45) is -9.95. The number of ether oxygens (including phenoxy) is 4. The maximum absolute atomic E-state index is 10.3. The van der Waals surface area contributed by atoms with Crippen LogP contribution >= 0.6 is 0 Å². The van der Waals surface area contributed by atoms with Gasteiger partial charge in [-0.15, -0.1) is 0 Å². The fourth-order valence-corrected chi connectivity index (χ4v) is 2.33. The Morgan fingerprint density at radius 1 is 1.12 bits per heavy atom. The van der Waals surface area contributed by atoms with Gasteiger partial charge in [-0.1, -0.05) is 0 Å². The largest absolute Gasteiger partial charge is 0.394 e. The molecule has 11 heteroatoms. The number of hydrogen-bond donors (Lipinski definition) is 7. The molecule has 11 nitrogen and oxygen atoms in total. The first-order valence-electron chi connectivity index (χ1n) is 8.04. The van der Waals surface area contributed by atoms with Crippen molar-refractivity contribution in [1.82, 2.24) is 0 Å². The van der Waals surface area contributed by atoms with Gasteiger partial charge >= 0.3 is 0 Å². The highest BCUT2D eigenvalue weighted by Crippen LogP contribution is 2.25. The molecule has 0 aliphatic carbocycles. The van der Waals surface area contributed by atoms with Crippen LogP contribution in [0.15, 0.2) is 0 Å². The number of aliphatic hydroxyl groups excluding tert-OH is 6. The molecule has 1 rings (SSSR count). The average Bonchev–Trinajstić information content (AvgIpc) is 2.60. The average molecular weight is 371 g/mol. The molecule has 8 unspecified atom stereocenters. The molecule has 0 aromatic heterocycles. The molecule has 0 aromatic carbocycles. The van der Waals surface area contributed by atoms with Crippen molar-refractivity contribution in [3.8, 4) is 0 Å². The van der Waals surface area contributed by atoms with E-state index in [1.165, 1.54) is 6.92 Å². The lowest BCUT2D eigenvalue weighted by atomic mass is 9.99. The highest BCUT2D eigenvalue weighted by atomic mass is 16.7. The summed E-state index contributed by atoms with van der Waals surface area (Å²) >= 11 is 0. The molecule has 1 aliphatic heterocycles. The van der Waals surface area contributed by atoms with E-state index in [4.69, 9.17) is 29.8 Å². The predicted octanol–water partition coefficient (Wildman–Crippen LogP) is -4.14. The zero-order valence-electron chi connectivity index (χ0n) is 14.0. The fourth-order valence-electron chi connectivity index (χ4n) is 2.33. The summed E-state index contributed by atoms with van der Waals surface area (Å²) in [5.41, 5.74) is 5.33. The van der Waals surface area contributed by atoms with Crippen LogP contribution in [-0.4, -0.2) is 113 Å². The van der Waals surface area contributed by atoms with Crippen LogP contribution in [-0.2, 0) is 18.9 Å². The van der Waals surface area contributed by atoms with Crippen LogP contribution in [0.2, 0.25) is 0 Å². The lowest BCUT2D eigenvalue weighted by Crippen LogP contribution is -2.61. The molecule has 1 saturated heterocycles. The maximum Gasteiger partial charge on any atom is 0.186 e. The summed E-state index contributed by atoms with van der Waals surface area (Å²) < 4.78 is 21.1. The van der Waals surface area contributed by atoms with E-state index in [9.17, 15) is 25.5 Å². The molecule has 1 fully saturated rings. The minimum atomic E-state index is -1.46. The van der Waals surface area contributed by atoms with Crippen LogP contribution in [0.25, 0.3) is 0 Å². The molecule has 1 heterocycles. The summed E-state index contributed by atoms with van der Waals surface area (Å²) in [7, 11) is 0. The lowest BCUT2D eigenvalue weighted by molar-refractivity contribution is -0.334. The van der Waals surface area contributed by atoms with E-state index >= 15 is 0 Å². The van der Waals surface area contributed by atoms with Crippen molar-refractivity contribution in [3.05, 3.63) is 0 Å². The Balaban J connectivity index is 2.81. The Kier molecular flexibility index (Phi) is 10.2. The second-order valence-electron chi connectivity index (χ2n) is 5.68. The van der Waals surface area contributed by atoms with Crippen LogP contribution in [0.1, 0.15) is 6.92 Å². The zero-order valence-corrected chi connectivity index (χ0v) is 14.0. The van der Waals surface area contributed by atoms with Gasteiger partial charge in [-0.25, -0.2) is 0 Å². The molecule has 150 valence electrons. The standard InChI is InChI=1S/C14H29NO10/c1-7(19)8(4-16)23-10(6-18)25-13-11(20)9(5-17)24-14(12(13)21)22-3-2-15/h7-14,16-21H,2-6,15H2,1H3. The number of nitrogens with two attached hydrogens (primary N) is 1. The Bertz CT molecular complexity index is 361. The van der Waals surface area contributed by atoms with E-state index in [2.05, 4.69) is 0 Å². The molecular weight excluding hydrogens is 342 g/mol. The third-order valence-corrected chi connectivity index (χ3v) is 3.72. The molecule has 8 atom stereocenters. The van der Waals surface area contributed by atoms with Gasteiger partial charge in [0.25, 0.3) is 0 Å². The van der Waals surface area contributed by atoms with E-state index in [0.29, 0.717) is 0 Å². The van der Waals surface area contributed by atoms with E-state index < -0.39 is 69.0 Å². The van der Waals surface area contributed by atoms with Gasteiger partial charge in [0.05, 0.1) is 32.5 Å². The van der Waals surface area contributed by atoms with Crippen molar-refractivity contribution in [2.24, 2.45) is 5.73 Å². The van der Waals surface area contributed by atoms with Gasteiger partial charge in [0.1, 0.15) is 30.5 Å². The molecule has 25 heavy (non-hydrogen) atoms. The minimum absolute atomic E-state index is 0.0667. The van der Waals surface area contributed by atoms with Gasteiger partial charge in [-0.05, 0) is 6.92 Å². The topological polar surface area (TPSA) is 184 Å². The van der Waals surface area contributed by atoms with Gasteiger partial charge in [0.2, 0.25) is 0 Å². The van der Waals surface area contributed by atoms with Crippen molar-refractivity contribution in [3.63, 3.8) is 0 Å². The van der Waals surface area contributed by atoms with Crippen molar-refractivity contribution < 1.29 is 49.6 Å². The SMILES string of the molecule is CC(O)C(CO)OC(CO)OC1C(O)C(CO)OC(OCCN)C1O. The highest BCUT2D eigenvalue weighted by molar-refractivity contribution is 4.90. The maximum atomic E-state index is 10.3. The Hall–Kier alpha value is -0.440. The van der Waals surface area contributed by atoms with Gasteiger partial charge < -0.3 is 55.3 Å². The molecule has 0 radical (unpaired) electrons. The second-order valence-corrected chi connectivity index (χ2v) is 5.68. The monoisotopic (exact) mass is 371 g/mol. The number of rotatable bonds is 11. The molecule has 0 spiro atoms. The number of aliphatic hydroxyl groups is 6. The van der Waals surface area contributed by atoms with E-state index in [-0.39, 0.29) is 13.2 Å².